The molecule has 0 amide bonds. The van der Waals surface area contributed by atoms with Gasteiger partial charge in [0.2, 0.25) is 10.0 Å². The van der Waals surface area contributed by atoms with Crippen LogP contribution in [0.5, 0.6) is 0 Å². The number of hydrogen-bond donors (Lipinski definition) is 3. The molecule has 1 aromatic carbocycles. The van der Waals surface area contributed by atoms with Crippen molar-refractivity contribution >= 4 is 44.6 Å². The molecule has 0 spiro atoms. The van der Waals surface area contributed by atoms with Crippen LogP contribution in [0.2, 0.25) is 10.0 Å². The second kappa shape index (κ2) is 6.47. The van der Waals surface area contributed by atoms with Gasteiger partial charge in [0.25, 0.3) is 0 Å². The van der Waals surface area contributed by atoms with Crippen molar-refractivity contribution in [3.05, 3.63) is 22.2 Å². The fourth-order valence-corrected chi connectivity index (χ4v) is 2.96. The third-order valence-electron chi connectivity index (χ3n) is 2.10. The zero-order valence-corrected chi connectivity index (χ0v) is 12.2. The van der Waals surface area contributed by atoms with Crippen LogP contribution in [0.4, 0.5) is 11.4 Å². The summed E-state index contributed by atoms with van der Waals surface area (Å²) >= 11 is 11.9. The normalized spacial score (nSPS) is 11.5. The van der Waals surface area contributed by atoms with Gasteiger partial charge in [-0.25, -0.2) is 13.1 Å². The Balaban J connectivity index is 2.65. The van der Waals surface area contributed by atoms with Crippen LogP contribution in [-0.2, 0) is 10.0 Å². The summed E-state index contributed by atoms with van der Waals surface area (Å²) in [5.41, 5.74) is 6.50. The van der Waals surface area contributed by atoms with E-state index < -0.39 is 10.0 Å². The average Bonchev–Trinajstić information content (AvgIpc) is 2.21. The number of hydrogen-bond acceptors (Lipinski definition) is 4. The molecule has 0 heterocycles. The molecule has 1 rings (SSSR count). The van der Waals surface area contributed by atoms with E-state index in [0.29, 0.717) is 28.0 Å². The van der Waals surface area contributed by atoms with Crippen LogP contribution in [0.25, 0.3) is 0 Å². The van der Waals surface area contributed by atoms with E-state index in [4.69, 9.17) is 28.9 Å². The topological polar surface area (TPSA) is 84.2 Å². The van der Waals surface area contributed by atoms with Crippen molar-refractivity contribution in [1.82, 2.24) is 4.72 Å². The van der Waals surface area contributed by atoms with Crippen molar-refractivity contribution in [2.45, 2.75) is 6.92 Å². The highest BCUT2D eigenvalue weighted by molar-refractivity contribution is 7.89. The molecule has 0 aromatic heterocycles. The van der Waals surface area contributed by atoms with Crippen molar-refractivity contribution in [2.75, 3.05) is 29.9 Å². The average molecular weight is 312 g/mol. The second-order valence-electron chi connectivity index (χ2n) is 3.60. The van der Waals surface area contributed by atoms with Gasteiger partial charge in [-0.1, -0.05) is 30.1 Å². The minimum atomic E-state index is -3.26. The smallest absolute Gasteiger partial charge is 0.213 e. The van der Waals surface area contributed by atoms with Crippen LogP contribution >= 0.6 is 23.2 Å². The van der Waals surface area contributed by atoms with Crippen LogP contribution < -0.4 is 15.8 Å². The second-order valence-corrected chi connectivity index (χ2v) is 6.34. The van der Waals surface area contributed by atoms with Gasteiger partial charge in [-0.3, -0.25) is 0 Å². The number of benzene rings is 1. The van der Waals surface area contributed by atoms with E-state index in [9.17, 15) is 8.42 Å². The third kappa shape index (κ3) is 4.53. The minimum Gasteiger partial charge on any atom is -0.399 e. The standard InChI is InChI=1S/C10H15Cl2N3O2S/c1-2-15-18(16,17)4-3-14-10-8(11)5-7(13)6-9(10)12/h5-6,14-15H,2-4,13H2,1H3. The predicted molar refractivity (Wildman–Crippen MR) is 76.8 cm³/mol. The molecule has 1 aromatic rings. The summed E-state index contributed by atoms with van der Waals surface area (Å²) in [5.74, 6) is -0.0577. The number of nitrogen functional groups attached to an aromatic ring is 1. The van der Waals surface area contributed by atoms with E-state index in [1.54, 1.807) is 19.1 Å². The number of rotatable bonds is 6. The van der Waals surface area contributed by atoms with Gasteiger partial charge in [0, 0.05) is 18.8 Å². The lowest BCUT2D eigenvalue weighted by Crippen LogP contribution is -2.29. The zero-order chi connectivity index (χ0) is 13.8. The predicted octanol–water partition coefficient (Wildman–Crippen LogP) is 1.93. The Hall–Kier alpha value is -0.690. The molecule has 18 heavy (non-hydrogen) atoms. The lowest BCUT2D eigenvalue weighted by molar-refractivity contribution is 0.584. The summed E-state index contributed by atoms with van der Waals surface area (Å²) in [6.07, 6.45) is 0. The maximum atomic E-state index is 11.4. The van der Waals surface area contributed by atoms with Gasteiger partial charge >= 0.3 is 0 Å². The van der Waals surface area contributed by atoms with Gasteiger partial charge in [-0.15, -0.1) is 0 Å². The molecule has 0 bridgehead atoms. The van der Waals surface area contributed by atoms with Crippen LogP contribution in [0.1, 0.15) is 6.92 Å². The van der Waals surface area contributed by atoms with E-state index in [0.717, 1.165) is 0 Å². The fourth-order valence-electron chi connectivity index (χ4n) is 1.36. The Labute approximate surface area is 117 Å². The van der Waals surface area contributed by atoms with Crippen molar-refractivity contribution in [3.63, 3.8) is 0 Å². The quantitative estimate of drug-likeness (QED) is 0.701. The van der Waals surface area contributed by atoms with E-state index >= 15 is 0 Å². The number of anilines is 2. The molecule has 8 heteroatoms. The molecule has 0 unspecified atom stereocenters. The van der Waals surface area contributed by atoms with Gasteiger partial charge < -0.3 is 11.1 Å². The molecule has 5 nitrogen and oxygen atoms in total. The molecular formula is C10H15Cl2N3O2S. The van der Waals surface area contributed by atoms with E-state index in [-0.39, 0.29) is 12.3 Å². The van der Waals surface area contributed by atoms with E-state index in [1.807, 2.05) is 0 Å². The van der Waals surface area contributed by atoms with Crippen LogP contribution in [0, 0.1) is 0 Å². The maximum absolute atomic E-state index is 11.4. The molecule has 0 aliphatic carbocycles. The Morgan fingerprint density at radius 2 is 1.83 bits per heavy atom. The Bertz CT molecular complexity index is 497. The van der Waals surface area contributed by atoms with Crippen molar-refractivity contribution in [1.29, 1.82) is 0 Å². The first-order chi connectivity index (χ1) is 8.35. The first-order valence-electron chi connectivity index (χ1n) is 5.31. The molecule has 102 valence electrons. The molecule has 0 fully saturated rings. The summed E-state index contributed by atoms with van der Waals surface area (Å²) in [6, 6.07) is 3.10. The molecule has 0 saturated carbocycles. The largest absolute Gasteiger partial charge is 0.399 e. The lowest BCUT2D eigenvalue weighted by Gasteiger charge is -2.11. The van der Waals surface area contributed by atoms with Crippen LogP contribution in [0.3, 0.4) is 0 Å². The molecule has 4 N–H and O–H groups in total. The zero-order valence-electron chi connectivity index (χ0n) is 9.83. The number of nitrogens with one attached hydrogen (secondary N) is 2. The van der Waals surface area contributed by atoms with Gasteiger partial charge in [-0.05, 0) is 12.1 Å². The van der Waals surface area contributed by atoms with Crippen LogP contribution in [-0.4, -0.2) is 27.3 Å². The highest BCUT2D eigenvalue weighted by Crippen LogP contribution is 2.32. The fraction of sp³-hybridized carbons (Fsp3) is 0.400. The number of sulfonamides is 1. The maximum Gasteiger partial charge on any atom is 0.213 e. The number of halogens is 2. The Morgan fingerprint density at radius 1 is 1.28 bits per heavy atom. The van der Waals surface area contributed by atoms with Gasteiger partial charge in [0.05, 0.1) is 21.5 Å². The van der Waals surface area contributed by atoms with E-state index in [2.05, 4.69) is 10.0 Å². The summed E-state index contributed by atoms with van der Waals surface area (Å²) in [4.78, 5) is 0. The Kier molecular flexibility index (Phi) is 5.52. The molecule has 0 radical (unpaired) electrons. The first kappa shape index (κ1) is 15.4. The summed E-state index contributed by atoms with van der Waals surface area (Å²) in [5, 5.41) is 3.61. The SMILES string of the molecule is CCNS(=O)(=O)CCNc1c(Cl)cc(N)cc1Cl. The minimum absolute atomic E-state index is 0.0577. The van der Waals surface area contributed by atoms with Crippen molar-refractivity contribution in [3.8, 4) is 0 Å². The van der Waals surface area contributed by atoms with Gasteiger partial charge in [0.15, 0.2) is 0 Å². The van der Waals surface area contributed by atoms with Gasteiger partial charge in [-0.2, -0.15) is 0 Å². The Morgan fingerprint density at radius 3 is 2.33 bits per heavy atom. The summed E-state index contributed by atoms with van der Waals surface area (Å²) < 4.78 is 25.2. The lowest BCUT2D eigenvalue weighted by atomic mass is 10.3. The molecule has 0 saturated heterocycles. The van der Waals surface area contributed by atoms with Gasteiger partial charge in [0.1, 0.15) is 0 Å². The highest BCUT2D eigenvalue weighted by Gasteiger charge is 2.10. The van der Waals surface area contributed by atoms with Crippen molar-refractivity contribution in [2.24, 2.45) is 0 Å². The molecule has 0 aliphatic rings. The summed E-state index contributed by atoms with van der Waals surface area (Å²) in [7, 11) is -3.26. The van der Waals surface area contributed by atoms with E-state index in [1.165, 1.54) is 0 Å². The molecular weight excluding hydrogens is 297 g/mol. The molecule has 0 aliphatic heterocycles. The monoisotopic (exact) mass is 311 g/mol. The molecule has 0 atom stereocenters. The van der Waals surface area contributed by atoms with Crippen LogP contribution in [0.15, 0.2) is 12.1 Å². The summed E-state index contributed by atoms with van der Waals surface area (Å²) in [6.45, 7) is 2.29. The highest BCUT2D eigenvalue weighted by atomic mass is 35.5. The third-order valence-corrected chi connectivity index (χ3v) is 4.17. The number of nitrogens with two attached hydrogens (primary N) is 1. The first-order valence-corrected chi connectivity index (χ1v) is 7.72. The van der Waals surface area contributed by atoms with Crippen molar-refractivity contribution < 1.29 is 8.42 Å².